The van der Waals surface area contributed by atoms with Gasteiger partial charge in [-0.1, -0.05) is 6.92 Å². The van der Waals surface area contributed by atoms with Gasteiger partial charge in [0.15, 0.2) is 5.69 Å². The maximum Gasteiger partial charge on any atom is 0.358 e. The summed E-state index contributed by atoms with van der Waals surface area (Å²) >= 11 is 0. The van der Waals surface area contributed by atoms with E-state index in [9.17, 15) is 4.79 Å². The largest absolute Gasteiger partial charge is 0.464 e. The summed E-state index contributed by atoms with van der Waals surface area (Å²) in [5, 5.41) is 3.18. The van der Waals surface area contributed by atoms with Crippen LogP contribution in [0.25, 0.3) is 0 Å². The number of esters is 1. The van der Waals surface area contributed by atoms with Crippen molar-refractivity contribution >= 4 is 11.8 Å². The Hall–Kier alpha value is -2.44. The molecule has 0 spiro atoms. The quantitative estimate of drug-likeness (QED) is 0.793. The molecule has 19 heavy (non-hydrogen) atoms. The summed E-state index contributed by atoms with van der Waals surface area (Å²) < 4.78 is 4.61. The topological polar surface area (TPSA) is 92.8 Å². The van der Waals surface area contributed by atoms with Gasteiger partial charge in [0.2, 0.25) is 0 Å². The molecule has 0 saturated carbocycles. The lowest BCUT2D eigenvalue weighted by Gasteiger charge is -2.15. The van der Waals surface area contributed by atoms with E-state index in [0.717, 1.165) is 12.2 Å². The zero-order chi connectivity index (χ0) is 13.7. The zero-order valence-electron chi connectivity index (χ0n) is 10.8. The number of imidazole rings is 1. The van der Waals surface area contributed by atoms with Gasteiger partial charge in [-0.05, 0) is 6.42 Å². The Balaban J connectivity index is 2.16. The predicted molar refractivity (Wildman–Crippen MR) is 68.6 cm³/mol. The summed E-state index contributed by atoms with van der Waals surface area (Å²) in [5.74, 6) is 0.807. The van der Waals surface area contributed by atoms with Crippen molar-refractivity contribution in [1.29, 1.82) is 0 Å². The minimum atomic E-state index is -0.512. The molecule has 0 amide bonds. The third kappa shape index (κ3) is 3.06. The first-order valence-corrected chi connectivity index (χ1v) is 5.90. The Morgan fingerprint density at radius 3 is 3.00 bits per heavy atom. The maximum atomic E-state index is 11.4. The van der Waals surface area contributed by atoms with Crippen LogP contribution in [0, 0.1) is 0 Å². The molecule has 2 aromatic heterocycles. The highest BCUT2D eigenvalue weighted by Crippen LogP contribution is 2.17. The van der Waals surface area contributed by atoms with Crippen molar-refractivity contribution in [1.82, 2.24) is 19.9 Å². The van der Waals surface area contributed by atoms with Crippen LogP contribution < -0.4 is 5.32 Å². The summed E-state index contributed by atoms with van der Waals surface area (Å²) in [6.07, 6.45) is 7.19. The van der Waals surface area contributed by atoms with Crippen molar-refractivity contribution in [2.45, 2.75) is 19.4 Å². The van der Waals surface area contributed by atoms with Crippen LogP contribution >= 0.6 is 0 Å². The van der Waals surface area contributed by atoms with Crippen LogP contribution in [0.5, 0.6) is 0 Å². The van der Waals surface area contributed by atoms with Gasteiger partial charge >= 0.3 is 5.97 Å². The summed E-state index contributed by atoms with van der Waals surface area (Å²) in [5.41, 5.74) is 0.168. The number of nitrogens with zero attached hydrogens (tertiary/aromatic N) is 3. The molecule has 2 aromatic rings. The third-order valence-corrected chi connectivity index (χ3v) is 2.61. The number of anilines is 1. The van der Waals surface area contributed by atoms with Gasteiger partial charge in [0, 0.05) is 12.4 Å². The van der Waals surface area contributed by atoms with Crippen molar-refractivity contribution < 1.29 is 9.53 Å². The first-order chi connectivity index (χ1) is 9.24. The second-order valence-electron chi connectivity index (χ2n) is 3.86. The molecule has 100 valence electrons. The van der Waals surface area contributed by atoms with Gasteiger partial charge < -0.3 is 15.0 Å². The highest BCUT2D eigenvalue weighted by Gasteiger charge is 2.14. The van der Waals surface area contributed by atoms with Gasteiger partial charge in [0.1, 0.15) is 11.6 Å². The molecule has 0 aliphatic rings. The van der Waals surface area contributed by atoms with Gasteiger partial charge in [-0.2, -0.15) is 0 Å². The average Bonchev–Trinajstić information content (AvgIpc) is 2.98. The van der Waals surface area contributed by atoms with Crippen LogP contribution in [0.2, 0.25) is 0 Å². The Kier molecular flexibility index (Phi) is 4.07. The Bertz CT molecular complexity index is 541. The van der Waals surface area contributed by atoms with Crippen molar-refractivity contribution in [3.63, 3.8) is 0 Å². The maximum absolute atomic E-state index is 11.4. The van der Waals surface area contributed by atoms with Gasteiger partial charge in [-0.25, -0.2) is 14.8 Å². The van der Waals surface area contributed by atoms with E-state index in [1.807, 2.05) is 6.92 Å². The second-order valence-corrected chi connectivity index (χ2v) is 3.86. The molecule has 2 rings (SSSR count). The van der Waals surface area contributed by atoms with E-state index in [0.29, 0.717) is 5.82 Å². The fraction of sp³-hybridized carbons (Fsp3) is 0.333. The van der Waals surface area contributed by atoms with E-state index in [4.69, 9.17) is 0 Å². The lowest BCUT2D eigenvalue weighted by Crippen LogP contribution is -2.14. The van der Waals surface area contributed by atoms with Gasteiger partial charge in [0.05, 0.1) is 25.5 Å². The number of nitrogens with one attached hydrogen (secondary N) is 2. The standard InChI is InChI=1S/C12H15N5O2/c1-3-8(11-14-4-5-15-11)16-10-7-13-6-9(17-10)12(18)19-2/h4-8H,3H2,1-2H3,(H,14,15)(H,16,17). The normalized spacial score (nSPS) is 11.9. The van der Waals surface area contributed by atoms with Gasteiger partial charge in [-0.15, -0.1) is 0 Å². The molecule has 0 radical (unpaired) electrons. The number of methoxy groups -OCH3 is 1. The number of H-pyrrole nitrogens is 1. The number of aromatic nitrogens is 4. The van der Waals surface area contributed by atoms with Crippen LogP contribution in [-0.2, 0) is 4.74 Å². The lowest BCUT2D eigenvalue weighted by molar-refractivity contribution is 0.0593. The molecule has 0 saturated heterocycles. The number of rotatable bonds is 5. The van der Waals surface area contributed by atoms with Crippen LogP contribution in [0.3, 0.4) is 0 Å². The van der Waals surface area contributed by atoms with E-state index in [-0.39, 0.29) is 11.7 Å². The molecule has 2 N–H and O–H groups in total. The molecular weight excluding hydrogens is 246 g/mol. The minimum Gasteiger partial charge on any atom is -0.464 e. The first kappa shape index (κ1) is 13.0. The summed E-state index contributed by atoms with van der Waals surface area (Å²) in [7, 11) is 1.31. The van der Waals surface area contributed by atoms with Crippen LogP contribution in [0.1, 0.15) is 35.7 Å². The third-order valence-electron chi connectivity index (χ3n) is 2.61. The lowest BCUT2D eigenvalue weighted by atomic mass is 10.2. The van der Waals surface area contributed by atoms with Crippen LogP contribution in [-0.4, -0.2) is 33.0 Å². The number of aromatic amines is 1. The van der Waals surface area contributed by atoms with Crippen molar-refractivity contribution in [2.24, 2.45) is 0 Å². The van der Waals surface area contributed by atoms with Gasteiger partial charge in [-0.3, -0.25) is 4.98 Å². The summed E-state index contributed by atoms with van der Waals surface area (Å²) in [4.78, 5) is 26.7. The number of hydrogen-bond acceptors (Lipinski definition) is 6. The summed E-state index contributed by atoms with van der Waals surface area (Å²) in [6, 6.07) is -0.0165. The number of ether oxygens (including phenoxy) is 1. The number of hydrogen-bond donors (Lipinski definition) is 2. The highest BCUT2D eigenvalue weighted by atomic mass is 16.5. The second kappa shape index (κ2) is 5.94. The molecule has 0 aliphatic carbocycles. The van der Waals surface area contributed by atoms with E-state index in [2.05, 4.69) is 30.0 Å². The Morgan fingerprint density at radius 1 is 1.53 bits per heavy atom. The van der Waals surface area contributed by atoms with E-state index in [1.165, 1.54) is 13.3 Å². The molecule has 2 heterocycles. The zero-order valence-corrected chi connectivity index (χ0v) is 10.8. The van der Waals surface area contributed by atoms with Crippen LogP contribution in [0.15, 0.2) is 24.8 Å². The smallest absolute Gasteiger partial charge is 0.358 e. The first-order valence-electron chi connectivity index (χ1n) is 5.90. The molecule has 0 fully saturated rings. The molecule has 7 heteroatoms. The van der Waals surface area contributed by atoms with Crippen LogP contribution in [0.4, 0.5) is 5.82 Å². The molecular formula is C12H15N5O2. The van der Waals surface area contributed by atoms with E-state index >= 15 is 0 Å². The Morgan fingerprint density at radius 2 is 2.37 bits per heavy atom. The Labute approximate surface area is 110 Å². The molecule has 0 bridgehead atoms. The van der Waals surface area contributed by atoms with E-state index in [1.54, 1.807) is 18.6 Å². The average molecular weight is 261 g/mol. The molecule has 0 aromatic carbocycles. The fourth-order valence-electron chi connectivity index (χ4n) is 1.65. The number of carbonyl (C=O) groups excluding carboxylic acids is 1. The predicted octanol–water partition coefficient (Wildman–Crippen LogP) is 1.55. The highest BCUT2D eigenvalue weighted by molar-refractivity contribution is 5.87. The number of carbonyl (C=O) groups is 1. The van der Waals surface area contributed by atoms with E-state index < -0.39 is 5.97 Å². The van der Waals surface area contributed by atoms with Crippen molar-refractivity contribution in [3.8, 4) is 0 Å². The van der Waals surface area contributed by atoms with Crippen molar-refractivity contribution in [3.05, 3.63) is 36.3 Å². The monoisotopic (exact) mass is 261 g/mol. The summed E-state index contributed by atoms with van der Waals surface area (Å²) in [6.45, 7) is 2.03. The fourth-order valence-corrected chi connectivity index (χ4v) is 1.65. The molecule has 1 unspecified atom stereocenters. The minimum absolute atomic E-state index is 0.0165. The molecule has 1 atom stereocenters. The van der Waals surface area contributed by atoms with Crippen molar-refractivity contribution in [2.75, 3.05) is 12.4 Å². The SMILES string of the molecule is CCC(Nc1cncc(C(=O)OC)n1)c1ncc[nH]1. The molecule has 7 nitrogen and oxygen atoms in total. The molecule has 0 aliphatic heterocycles. The van der Waals surface area contributed by atoms with Gasteiger partial charge in [0.25, 0.3) is 0 Å².